The maximum absolute atomic E-state index is 5.73. The predicted molar refractivity (Wildman–Crippen MR) is 69.8 cm³/mol. The average Bonchev–Trinajstić information content (AvgIpc) is 2.54. The van der Waals surface area contributed by atoms with Gasteiger partial charge in [-0.3, -0.25) is 0 Å². The summed E-state index contributed by atoms with van der Waals surface area (Å²) in [6, 6.07) is 2.17. The molecule has 16 heavy (non-hydrogen) atoms. The number of aryl methyl sites for hydroxylation is 1. The van der Waals surface area contributed by atoms with Crippen molar-refractivity contribution in [2.24, 2.45) is 5.92 Å². The quantitative estimate of drug-likeness (QED) is 0.686. The molecule has 2 unspecified atom stereocenters. The molecule has 0 aromatic carbocycles. The van der Waals surface area contributed by atoms with Gasteiger partial charge in [-0.2, -0.15) is 0 Å². The van der Waals surface area contributed by atoms with Gasteiger partial charge in [0.2, 0.25) is 0 Å². The van der Waals surface area contributed by atoms with Gasteiger partial charge in [0.25, 0.3) is 0 Å². The van der Waals surface area contributed by atoms with Crippen molar-refractivity contribution in [3.63, 3.8) is 0 Å². The highest BCUT2D eigenvalue weighted by Gasteiger charge is 2.30. The Bertz CT molecular complexity index is 453. The molecule has 1 aromatic rings. The van der Waals surface area contributed by atoms with Crippen molar-refractivity contribution in [2.45, 2.75) is 38.7 Å². The predicted octanol–water partition coefficient (Wildman–Crippen LogP) is 4.89. The second-order valence-electron chi connectivity index (χ2n) is 4.67. The molecule has 0 saturated heterocycles. The molecule has 0 N–H and O–H groups in total. The summed E-state index contributed by atoms with van der Waals surface area (Å²) in [6.45, 7) is 12.5. The van der Waals surface area contributed by atoms with E-state index in [0.29, 0.717) is 11.8 Å². The van der Waals surface area contributed by atoms with Crippen LogP contribution in [0.5, 0.6) is 0 Å². The molecule has 1 aliphatic heterocycles. The standard InChI is InChI=1S/C14H18OS/c1-8(2)6-13-11(5)10(4)12-7-9(3)15-14(12)16-13/h6-7,10-11H,1H2,2-5H3/b13-6+. The van der Waals surface area contributed by atoms with Gasteiger partial charge in [-0.25, -0.2) is 0 Å². The Morgan fingerprint density at radius 3 is 2.75 bits per heavy atom. The maximum atomic E-state index is 5.73. The molecular weight excluding hydrogens is 216 g/mol. The Hall–Kier alpha value is -0.890. The Labute approximate surface area is 102 Å². The molecule has 2 heterocycles. The summed E-state index contributed by atoms with van der Waals surface area (Å²) in [5, 5.41) is 1.07. The number of furan rings is 1. The highest BCUT2D eigenvalue weighted by molar-refractivity contribution is 8.03. The van der Waals surface area contributed by atoms with Gasteiger partial charge in [-0.15, -0.1) is 0 Å². The lowest BCUT2D eigenvalue weighted by molar-refractivity contribution is 0.427. The topological polar surface area (TPSA) is 13.1 Å². The molecule has 2 heteroatoms. The molecule has 0 radical (unpaired) electrons. The Kier molecular flexibility index (Phi) is 3.02. The third-order valence-electron chi connectivity index (χ3n) is 3.14. The highest BCUT2D eigenvalue weighted by atomic mass is 32.2. The fraction of sp³-hybridized carbons (Fsp3) is 0.429. The number of rotatable bonds is 1. The summed E-state index contributed by atoms with van der Waals surface area (Å²) in [5.41, 5.74) is 2.46. The van der Waals surface area contributed by atoms with Gasteiger partial charge in [0.15, 0.2) is 5.09 Å². The van der Waals surface area contributed by atoms with E-state index in [4.69, 9.17) is 4.42 Å². The van der Waals surface area contributed by atoms with Gasteiger partial charge in [-0.05, 0) is 42.7 Å². The maximum Gasteiger partial charge on any atom is 0.168 e. The molecule has 0 bridgehead atoms. The van der Waals surface area contributed by atoms with Crippen LogP contribution in [0.4, 0.5) is 0 Å². The minimum Gasteiger partial charge on any atom is -0.455 e. The van der Waals surface area contributed by atoms with Gasteiger partial charge in [0, 0.05) is 5.56 Å². The van der Waals surface area contributed by atoms with Crippen LogP contribution in [0.25, 0.3) is 0 Å². The van der Waals surface area contributed by atoms with Crippen molar-refractivity contribution in [1.82, 2.24) is 0 Å². The van der Waals surface area contributed by atoms with Crippen molar-refractivity contribution in [2.75, 3.05) is 0 Å². The van der Waals surface area contributed by atoms with Crippen molar-refractivity contribution < 1.29 is 4.42 Å². The zero-order valence-corrected chi connectivity index (χ0v) is 11.1. The summed E-state index contributed by atoms with van der Waals surface area (Å²) in [4.78, 5) is 1.36. The van der Waals surface area contributed by atoms with E-state index in [1.54, 1.807) is 11.8 Å². The summed E-state index contributed by atoms with van der Waals surface area (Å²) < 4.78 is 5.73. The first kappa shape index (κ1) is 11.6. The minimum absolute atomic E-state index is 0.527. The van der Waals surface area contributed by atoms with Crippen LogP contribution < -0.4 is 0 Å². The van der Waals surface area contributed by atoms with Crippen LogP contribution in [-0.4, -0.2) is 0 Å². The number of hydrogen-bond acceptors (Lipinski definition) is 2. The number of thioether (sulfide) groups is 1. The Morgan fingerprint density at radius 2 is 2.12 bits per heavy atom. The SMILES string of the molecule is C=C(C)/C=C1/Sc2oc(C)cc2C(C)C1C. The van der Waals surface area contributed by atoms with Crippen LogP contribution in [0.15, 0.2) is 38.7 Å². The van der Waals surface area contributed by atoms with E-state index in [1.807, 2.05) is 13.8 Å². The molecular formula is C14H18OS. The Morgan fingerprint density at radius 1 is 1.44 bits per heavy atom. The van der Waals surface area contributed by atoms with Crippen molar-refractivity contribution in [3.8, 4) is 0 Å². The van der Waals surface area contributed by atoms with E-state index in [2.05, 4.69) is 32.6 Å². The fourth-order valence-electron chi connectivity index (χ4n) is 2.03. The molecule has 1 aromatic heterocycles. The van der Waals surface area contributed by atoms with Gasteiger partial charge < -0.3 is 4.42 Å². The van der Waals surface area contributed by atoms with E-state index in [9.17, 15) is 0 Å². The fourth-order valence-corrected chi connectivity index (χ4v) is 3.43. The molecule has 0 saturated carbocycles. The summed E-state index contributed by atoms with van der Waals surface area (Å²) in [7, 11) is 0. The molecule has 1 nitrogen and oxygen atoms in total. The van der Waals surface area contributed by atoms with Crippen molar-refractivity contribution >= 4 is 11.8 Å². The molecule has 86 valence electrons. The van der Waals surface area contributed by atoms with Gasteiger partial charge in [-0.1, -0.05) is 37.8 Å². The number of hydrogen-bond donors (Lipinski definition) is 0. The monoisotopic (exact) mass is 234 g/mol. The van der Waals surface area contributed by atoms with Crippen LogP contribution >= 0.6 is 11.8 Å². The first-order chi connectivity index (χ1) is 7.49. The van der Waals surface area contributed by atoms with Crippen LogP contribution in [0.1, 0.15) is 38.0 Å². The normalized spacial score (nSPS) is 26.9. The van der Waals surface area contributed by atoms with Gasteiger partial charge in [0.05, 0.1) is 0 Å². The second-order valence-corrected chi connectivity index (χ2v) is 5.72. The minimum atomic E-state index is 0.527. The van der Waals surface area contributed by atoms with Gasteiger partial charge in [0.1, 0.15) is 5.76 Å². The first-order valence-corrected chi connectivity index (χ1v) is 6.46. The molecule has 0 spiro atoms. The number of allylic oxidation sites excluding steroid dienone is 3. The lowest BCUT2D eigenvalue weighted by Crippen LogP contribution is -2.12. The molecule has 0 amide bonds. The van der Waals surface area contributed by atoms with Crippen molar-refractivity contribution in [1.29, 1.82) is 0 Å². The van der Waals surface area contributed by atoms with E-state index in [-0.39, 0.29) is 0 Å². The molecule has 0 fully saturated rings. The third-order valence-corrected chi connectivity index (χ3v) is 4.37. The van der Waals surface area contributed by atoms with E-state index < -0.39 is 0 Å². The Balaban J connectivity index is 2.42. The van der Waals surface area contributed by atoms with Gasteiger partial charge >= 0.3 is 0 Å². The molecule has 2 rings (SSSR count). The lowest BCUT2D eigenvalue weighted by atomic mass is 9.89. The largest absolute Gasteiger partial charge is 0.455 e. The van der Waals surface area contributed by atoms with Crippen LogP contribution in [0, 0.1) is 12.8 Å². The van der Waals surface area contributed by atoms with Crippen LogP contribution in [0.2, 0.25) is 0 Å². The highest BCUT2D eigenvalue weighted by Crippen LogP contribution is 2.49. The molecule has 0 aliphatic carbocycles. The smallest absolute Gasteiger partial charge is 0.168 e. The molecule has 2 atom stereocenters. The lowest BCUT2D eigenvalue weighted by Gasteiger charge is -2.27. The van der Waals surface area contributed by atoms with Crippen molar-refractivity contribution in [3.05, 3.63) is 40.5 Å². The second kappa shape index (κ2) is 4.17. The average molecular weight is 234 g/mol. The van der Waals surface area contributed by atoms with E-state index in [1.165, 1.54) is 10.5 Å². The zero-order chi connectivity index (χ0) is 11.9. The summed E-state index contributed by atoms with van der Waals surface area (Å²) in [5.74, 6) is 2.08. The van der Waals surface area contributed by atoms with Crippen LogP contribution in [-0.2, 0) is 0 Å². The summed E-state index contributed by atoms with van der Waals surface area (Å²) >= 11 is 1.75. The third kappa shape index (κ3) is 1.99. The zero-order valence-electron chi connectivity index (χ0n) is 10.3. The van der Waals surface area contributed by atoms with E-state index >= 15 is 0 Å². The van der Waals surface area contributed by atoms with E-state index in [0.717, 1.165) is 16.4 Å². The summed E-state index contributed by atoms with van der Waals surface area (Å²) in [6.07, 6.45) is 2.17. The molecule has 1 aliphatic rings. The first-order valence-electron chi connectivity index (χ1n) is 5.64. The number of fused-ring (bicyclic) bond motifs is 1. The van der Waals surface area contributed by atoms with Crippen LogP contribution in [0.3, 0.4) is 0 Å².